The van der Waals surface area contributed by atoms with E-state index < -0.39 is 0 Å². The Hall–Kier alpha value is -0.860. The second kappa shape index (κ2) is 5.40. The van der Waals surface area contributed by atoms with E-state index in [2.05, 4.69) is 62.4 Å². The lowest BCUT2D eigenvalue weighted by Gasteiger charge is -2.50. The summed E-state index contributed by atoms with van der Waals surface area (Å²) in [5.74, 6) is 0. The summed E-state index contributed by atoms with van der Waals surface area (Å²) in [5.41, 5.74) is 3.80. The molecular formula is C19H30N2. The van der Waals surface area contributed by atoms with Gasteiger partial charge in [-0.3, -0.25) is 0 Å². The maximum Gasteiger partial charge on any atom is 0.0375 e. The number of hydrogen-bond donors (Lipinski definition) is 1. The van der Waals surface area contributed by atoms with Crippen molar-refractivity contribution in [3.05, 3.63) is 35.4 Å². The van der Waals surface area contributed by atoms with Crippen molar-refractivity contribution in [3.63, 3.8) is 0 Å². The minimum atomic E-state index is 0.339. The van der Waals surface area contributed by atoms with Crippen LogP contribution in [0.4, 0.5) is 0 Å². The Morgan fingerprint density at radius 2 is 1.86 bits per heavy atom. The number of fused-ring (bicyclic) bond motifs is 1. The van der Waals surface area contributed by atoms with Gasteiger partial charge < -0.3 is 10.2 Å². The second-order valence-electron chi connectivity index (χ2n) is 7.97. The second-order valence-corrected chi connectivity index (χ2v) is 7.97. The first kappa shape index (κ1) is 15.1. The Morgan fingerprint density at radius 3 is 2.48 bits per heavy atom. The molecule has 3 rings (SSSR count). The summed E-state index contributed by atoms with van der Waals surface area (Å²) in [7, 11) is 4.47. The normalized spacial score (nSPS) is 26.2. The summed E-state index contributed by atoms with van der Waals surface area (Å²) >= 11 is 0. The maximum absolute atomic E-state index is 3.95. The molecule has 0 saturated heterocycles. The van der Waals surface area contributed by atoms with Gasteiger partial charge in [-0.2, -0.15) is 0 Å². The third-order valence-electron chi connectivity index (χ3n) is 6.05. The van der Waals surface area contributed by atoms with Crippen LogP contribution in [0.5, 0.6) is 0 Å². The molecule has 1 N–H and O–H groups in total. The first-order valence-corrected chi connectivity index (χ1v) is 8.43. The quantitative estimate of drug-likeness (QED) is 0.906. The first-order valence-electron chi connectivity index (χ1n) is 8.43. The molecule has 0 radical (unpaired) electrons. The van der Waals surface area contributed by atoms with Crippen molar-refractivity contribution in [2.24, 2.45) is 5.41 Å². The topological polar surface area (TPSA) is 15.3 Å². The molecule has 0 spiro atoms. The lowest BCUT2D eigenvalue weighted by atomic mass is 9.69. The van der Waals surface area contributed by atoms with Gasteiger partial charge in [0, 0.05) is 18.1 Å². The van der Waals surface area contributed by atoms with E-state index >= 15 is 0 Å². The molecule has 0 heterocycles. The summed E-state index contributed by atoms with van der Waals surface area (Å²) in [6.07, 6.45) is 6.55. The summed E-state index contributed by atoms with van der Waals surface area (Å²) < 4.78 is 0. The molecule has 116 valence electrons. The van der Waals surface area contributed by atoms with E-state index in [1.165, 1.54) is 37.7 Å². The van der Waals surface area contributed by atoms with Crippen molar-refractivity contribution < 1.29 is 0 Å². The van der Waals surface area contributed by atoms with Crippen LogP contribution in [0.25, 0.3) is 0 Å². The molecule has 1 aromatic rings. The third kappa shape index (κ3) is 2.64. The fraction of sp³-hybridized carbons (Fsp3) is 0.684. The summed E-state index contributed by atoms with van der Waals surface area (Å²) in [4.78, 5) is 2.44. The van der Waals surface area contributed by atoms with E-state index in [1.54, 1.807) is 5.56 Å². The molecule has 2 heteroatoms. The van der Waals surface area contributed by atoms with E-state index in [1.807, 2.05) is 0 Å². The number of benzene rings is 1. The molecule has 0 amide bonds. The SMILES string of the molecule is CN(C)C1(CNC2c3ccccc3CCC2(C)C)CCC1. The molecule has 2 aliphatic rings. The Balaban J connectivity index is 1.80. The van der Waals surface area contributed by atoms with Gasteiger partial charge >= 0.3 is 0 Å². The van der Waals surface area contributed by atoms with Gasteiger partial charge in [-0.05, 0) is 62.7 Å². The van der Waals surface area contributed by atoms with Gasteiger partial charge in [0.1, 0.15) is 0 Å². The molecule has 21 heavy (non-hydrogen) atoms. The van der Waals surface area contributed by atoms with Crippen LogP contribution < -0.4 is 5.32 Å². The molecule has 2 nitrogen and oxygen atoms in total. The number of rotatable bonds is 4. The molecular weight excluding hydrogens is 256 g/mol. The van der Waals surface area contributed by atoms with Crippen molar-refractivity contribution in [3.8, 4) is 0 Å². The smallest absolute Gasteiger partial charge is 0.0375 e. The van der Waals surface area contributed by atoms with E-state index in [0.717, 1.165) is 6.54 Å². The molecule has 1 aromatic carbocycles. The molecule has 1 atom stereocenters. The van der Waals surface area contributed by atoms with Crippen LogP contribution >= 0.6 is 0 Å². The van der Waals surface area contributed by atoms with E-state index in [4.69, 9.17) is 0 Å². The summed E-state index contributed by atoms with van der Waals surface area (Å²) in [5, 5.41) is 3.95. The van der Waals surface area contributed by atoms with Gasteiger partial charge in [0.25, 0.3) is 0 Å². The highest BCUT2D eigenvalue weighted by Gasteiger charge is 2.42. The molecule has 0 aliphatic heterocycles. The van der Waals surface area contributed by atoms with Gasteiger partial charge in [-0.15, -0.1) is 0 Å². The molecule has 2 aliphatic carbocycles. The number of nitrogens with one attached hydrogen (secondary N) is 1. The van der Waals surface area contributed by atoms with Gasteiger partial charge in [0.05, 0.1) is 0 Å². The molecule has 0 bridgehead atoms. The monoisotopic (exact) mass is 286 g/mol. The van der Waals surface area contributed by atoms with E-state index in [9.17, 15) is 0 Å². The highest BCUT2D eigenvalue weighted by Crippen LogP contribution is 2.44. The summed E-state index contributed by atoms with van der Waals surface area (Å²) in [6, 6.07) is 9.50. The zero-order valence-corrected chi connectivity index (χ0v) is 14.1. The van der Waals surface area contributed by atoms with Crippen LogP contribution in [0.15, 0.2) is 24.3 Å². The van der Waals surface area contributed by atoms with Crippen molar-refractivity contribution in [2.45, 2.75) is 57.5 Å². The minimum Gasteiger partial charge on any atom is -0.308 e. The van der Waals surface area contributed by atoms with Crippen LogP contribution in [0.2, 0.25) is 0 Å². The molecule has 1 fully saturated rings. The zero-order valence-electron chi connectivity index (χ0n) is 14.1. The first-order chi connectivity index (χ1) is 9.95. The minimum absolute atomic E-state index is 0.339. The van der Waals surface area contributed by atoms with Crippen LogP contribution in [-0.2, 0) is 6.42 Å². The summed E-state index contributed by atoms with van der Waals surface area (Å²) in [6.45, 7) is 5.95. The molecule has 1 unspecified atom stereocenters. The van der Waals surface area contributed by atoms with Gasteiger partial charge in [-0.25, -0.2) is 0 Å². The fourth-order valence-electron chi connectivity index (χ4n) is 4.11. The van der Waals surface area contributed by atoms with Crippen LogP contribution in [-0.4, -0.2) is 31.1 Å². The lowest BCUT2D eigenvalue weighted by Crippen LogP contribution is -2.57. The Bertz CT molecular complexity index is 500. The predicted octanol–water partition coefficient (Wildman–Crippen LogP) is 3.77. The van der Waals surface area contributed by atoms with Crippen LogP contribution in [0, 0.1) is 5.41 Å². The van der Waals surface area contributed by atoms with Crippen molar-refractivity contribution in [1.29, 1.82) is 0 Å². The molecule has 1 saturated carbocycles. The number of likely N-dealkylation sites (N-methyl/N-ethyl adjacent to an activating group) is 1. The maximum atomic E-state index is 3.95. The highest BCUT2D eigenvalue weighted by atomic mass is 15.2. The lowest BCUT2D eigenvalue weighted by molar-refractivity contribution is 0.0488. The fourth-order valence-corrected chi connectivity index (χ4v) is 4.11. The van der Waals surface area contributed by atoms with E-state index in [-0.39, 0.29) is 0 Å². The van der Waals surface area contributed by atoms with Gasteiger partial charge in [-0.1, -0.05) is 38.1 Å². The predicted molar refractivity (Wildman–Crippen MR) is 89.6 cm³/mol. The largest absolute Gasteiger partial charge is 0.308 e. The van der Waals surface area contributed by atoms with Crippen molar-refractivity contribution in [2.75, 3.05) is 20.6 Å². The van der Waals surface area contributed by atoms with Crippen LogP contribution in [0.3, 0.4) is 0 Å². The van der Waals surface area contributed by atoms with Gasteiger partial charge in [0.2, 0.25) is 0 Å². The number of nitrogens with zero attached hydrogens (tertiary/aromatic N) is 1. The Labute approximate surface area is 129 Å². The average molecular weight is 286 g/mol. The average Bonchev–Trinajstić information content (AvgIpc) is 2.39. The van der Waals surface area contributed by atoms with Crippen molar-refractivity contribution in [1.82, 2.24) is 10.2 Å². The van der Waals surface area contributed by atoms with Gasteiger partial charge in [0.15, 0.2) is 0 Å². The molecule has 0 aromatic heterocycles. The highest BCUT2D eigenvalue weighted by molar-refractivity contribution is 5.34. The number of hydrogen-bond acceptors (Lipinski definition) is 2. The van der Waals surface area contributed by atoms with Crippen LogP contribution in [0.1, 0.15) is 56.7 Å². The van der Waals surface area contributed by atoms with Crippen molar-refractivity contribution >= 4 is 0 Å². The Kier molecular flexibility index (Phi) is 3.87. The van der Waals surface area contributed by atoms with E-state index in [0.29, 0.717) is 17.0 Å². The third-order valence-corrected chi connectivity index (χ3v) is 6.05. The Morgan fingerprint density at radius 1 is 1.14 bits per heavy atom. The number of aryl methyl sites for hydroxylation is 1. The standard InChI is InChI=1S/C19H30N2/c1-18(2)13-10-15-8-5-6-9-16(15)17(18)20-14-19(21(3)4)11-7-12-19/h5-6,8-9,17,20H,7,10-14H2,1-4H3. The zero-order chi connectivity index (χ0) is 15.1.